The molecule has 0 unspecified atom stereocenters. The largest absolute Gasteiger partial charge is 0.478 e. The first-order chi connectivity index (χ1) is 7.09. The van der Waals surface area contributed by atoms with Crippen molar-refractivity contribution in [3.8, 4) is 0 Å². The number of hydrogen-bond donors (Lipinski definition) is 1. The molecule has 0 aromatic heterocycles. The lowest BCUT2D eigenvalue weighted by Gasteiger charge is -2.24. The first-order valence-corrected chi connectivity index (χ1v) is 5.62. The SMILES string of the molecule is CC(C)C1=C(C(=O)O)CN2C=CSC2=N1. The van der Waals surface area contributed by atoms with Crippen molar-refractivity contribution in [2.24, 2.45) is 10.9 Å². The van der Waals surface area contributed by atoms with Gasteiger partial charge in [0.05, 0.1) is 17.8 Å². The highest BCUT2D eigenvalue weighted by molar-refractivity contribution is 8.16. The number of rotatable bonds is 2. The summed E-state index contributed by atoms with van der Waals surface area (Å²) in [5.74, 6) is -0.723. The number of nitrogens with zero attached hydrogens (tertiary/aromatic N) is 2. The van der Waals surface area contributed by atoms with E-state index in [0.29, 0.717) is 17.8 Å². The Morgan fingerprint density at radius 3 is 3.00 bits per heavy atom. The zero-order chi connectivity index (χ0) is 11.0. The highest BCUT2D eigenvalue weighted by atomic mass is 32.2. The highest BCUT2D eigenvalue weighted by Crippen LogP contribution is 2.30. The molecule has 0 saturated heterocycles. The van der Waals surface area contributed by atoms with E-state index in [9.17, 15) is 4.79 Å². The van der Waals surface area contributed by atoms with E-state index in [-0.39, 0.29) is 5.92 Å². The second-order valence-corrected chi connectivity index (χ2v) is 4.62. The van der Waals surface area contributed by atoms with Gasteiger partial charge in [0.15, 0.2) is 5.17 Å². The van der Waals surface area contributed by atoms with Gasteiger partial charge >= 0.3 is 5.97 Å². The maximum atomic E-state index is 11.1. The van der Waals surface area contributed by atoms with Crippen molar-refractivity contribution in [3.63, 3.8) is 0 Å². The Morgan fingerprint density at radius 2 is 2.40 bits per heavy atom. The summed E-state index contributed by atoms with van der Waals surface area (Å²) in [4.78, 5) is 17.3. The summed E-state index contributed by atoms with van der Waals surface area (Å²) in [5, 5.41) is 11.9. The third-order valence-corrected chi connectivity index (χ3v) is 3.11. The first kappa shape index (κ1) is 10.3. The van der Waals surface area contributed by atoms with Crippen molar-refractivity contribution < 1.29 is 9.90 Å². The number of allylic oxidation sites excluding steroid dienone is 1. The van der Waals surface area contributed by atoms with Gasteiger partial charge in [-0.3, -0.25) is 0 Å². The van der Waals surface area contributed by atoms with E-state index in [1.807, 2.05) is 30.4 Å². The molecule has 4 nitrogen and oxygen atoms in total. The van der Waals surface area contributed by atoms with Gasteiger partial charge in [-0.25, -0.2) is 9.79 Å². The molecule has 0 atom stereocenters. The lowest BCUT2D eigenvalue weighted by Crippen LogP contribution is -2.30. The lowest BCUT2D eigenvalue weighted by molar-refractivity contribution is -0.132. The number of aliphatic imine (C=N–C) groups is 1. The number of fused-ring (bicyclic) bond motifs is 1. The Balaban J connectivity index is 2.41. The summed E-state index contributed by atoms with van der Waals surface area (Å²) in [7, 11) is 0. The van der Waals surface area contributed by atoms with Crippen molar-refractivity contribution >= 4 is 22.9 Å². The normalized spacial score (nSPS) is 19.7. The molecule has 0 aliphatic carbocycles. The van der Waals surface area contributed by atoms with Crippen LogP contribution in [0.2, 0.25) is 0 Å². The van der Waals surface area contributed by atoms with Gasteiger partial charge in [-0.1, -0.05) is 25.6 Å². The van der Waals surface area contributed by atoms with Crippen molar-refractivity contribution in [1.82, 2.24) is 4.90 Å². The van der Waals surface area contributed by atoms with Gasteiger partial charge in [0.1, 0.15) is 0 Å². The molecule has 2 rings (SSSR count). The highest BCUT2D eigenvalue weighted by Gasteiger charge is 2.28. The molecule has 2 aliphatic rings. The summed E-state index contributed by atoms with van der Waals surface area (Å²) >= 11 is 1.53. The fraction of sp³-hybridized carbons (Fsp3) is 0.400. The van der Waals surface area contributed by atoms with Crippen molar-refractivity contribution in [3.05, 3.63) is 22.9 Å². The minimum Gasteiger partial charge on any atom is -0.478 e. The molecule has 0 aromatic carbocycles. The van der Waals surface area contributed by atoms with E-state index < -0.39 is 5.97 Å². The van der Waals surface area contributed by atoms with E-state index >= 15 is 0 Å². The second-order valence-electron chi connectivity index (χ2n) is 3.75. The topological polar surface area (TPSA) is 52.9 Å². The maximum Gasteiger partial charge on any atom is 0.335 e. The van der Waals surface area contributed by atoms with Crippen LogP contribution in [-0.2, 0) is 4.79 Å². The van der Waals surface area contributed by atoms with Gasteiger partial charge in [-0.05, 0) is 11.3 Å². The monoisotopic (exact) mass is 224 g/mol. The van der Waals surface area contributed by atoms with E-state index in [4.69, 9.17) is 5.11 Å². The lowest BCUT2D eigenvalue weighted by atomic mass is 10.0. The van der Waals surface area contributed by atoms with Crippen LogP contribution in [0.3, 0.4) is 0 Å². The molecule has 15 heavy (non-hydrogen) atoms. The van der Waals surface area contributed by atoms with Crippen molar-refractivity contribution in [2.45, 2.75) is 13.8 Å². The molecule has 0 aromatic rings. The van der Waals surface area contributed by atoms with Crippen molar-refractivity contribution in [1.29, 1.82) is 0 Å². The molecule has 0 radical (unpaired) electrons. The van der Waals surface area contributed by atoms with Gasteiger partial charge in [0, 0.05) is 6.20 Å². The van der Waals surface area contributed by atoms with E-state index in [1.54, 1.807) is 0 Å². The zero-order valence-electron chi connectivity index (χ0n) is 8.60. The van der Waals surface area contributed by atoms with Crippen LogP contribution in [0.1, 0.15) is 13.8 Å². The number of thioether (sulfide) groups is 1. The molecular weight excluding hydrogens is 212 g/mol. The van der Waals surface area contributed by atoms with Gasteiger partial charge in [0.2, 0.25) is 0 Å². The number of carboxylic acids is 1. The molecule has 2 heterocycles. The number of hydrogen-bond acceptors (Lipinski definition) is 4. The molecule has 5 heteroatoms. The summed E-state index contributed by atoms with van der Waals surface area (Å²) in [5.41, 5.74) is 1.10. The second kappa shape index (κ2) is 3.73. The van der Waals surface area contributed by atoms with Crippen molar-refractivity contribution in [2.75, 3.05) is 6.54 Å². The predicted molar refractivity (Wildman–Crippen MR) is 60.4 cm³/mol. The van der Waals surface area contributed by atoms with Crippen LogP contribution in [0.15, 0.2) is 27.9 Å². The number of amidine groups is 1. The quantitative estimate of drug-likeness (QED) is 0.778. The summed E-state index contributed by atoms with van der Waals surface area (Å²) in [6, 6.07) is 0. The molecule has 0 fully saturated rings. The average molecular weight is 224 g/mol. The third-order valence-electron chi connectivity index (χ3n) is 2.32. The van der Waals surface area contributed by atoms with E-state index in [1.165, 1.54) is 11.8 Å². The molecule has 0 saturated carbocycles. The van der Waals surface area contributed by atoms with Crippen LogP contribution in [0, 0.1) is 5.92 Å². The number of carboxylic acid groups (broad SMARTS) is 1. The maximum absolute atomic E-state index is 11.1. The van der Waals surface area contributed by atoms with E-state index in [0.717, 1.165) is 5.17 Å². The number of aliphatic carboxylic acids is 1. The molecule has 1 N–H and O–H groups in total. The Morgan fingerprint density at radius 1 is 1.67 bits per heavy atom. The van der Waals surface area contributed by atoms with Gasteiger partial charge < -0.3 is 10.0 Å². The van der Waals surface area contributed by atoms with Crippen LogP contribution in [-0.4, -0.2) is 27.7 Å². The van der Waals surface area contributed by atoms with Crippen LogP contribution in [0.5, 0.6) is 0 Å². The van der Waals surface area contributed by atoms with Gasteiger partial charge in [-0.15, -0.1) is 0 Å². The molecule has 0 amide bonds. The summed E-state index contributed by atoms with van der Waals surface area (Å²) in [6.07, 6.45) is 1.86. The standard InChI is InChI=1S/C10H12N2O2S/c1-6(2)8-7(9(13)14)5-12-3-4-15-10(12)11-8/h3-4,6H,5H2,1-2H3,(H,13,14). The van der Waals surface area contributed by atoms with Gasteiger partial charge in [-0.2, -0.15) is 0 Å². The fourth-order valence-corrected chi connectivity index (χ4v) is 2.33. The van der Waals surface area contributed by atoms with Crippen LogP contribution in [0.4, 0.5) is 0 Å². The minimum atomic E-state index is -0.869. The molecule has 0 bridgehead atoms. The Labute approximate surface area is 92.4 Å². The first-order valence-electron chi connectivity index (χ1n) is 4.74. The van der Waals surface area contributed by atoms with Crippen LogP contribution >= 0.6 is 11.8 Å². The Hall–Kier alpha value is -1.23. The molecular formula is C10H12N2O2S. The molecule has 80 valence electrons. The summed E-state index contributed by atoms with van der Waals surface area (Å²) in [6.45, 7) is 4.35. The zero-order valence-corrected chi connectivity index (χ0v) is 9.41. The minimum absolute atomic E-state index is 0.145. The third kappa shape index (κ3) is 1.79. The number of carbonyl (C=O) groups is 1. The van der Waals surface area contributed by atoms with Gasteiger partial charge in [0.25, 0.3) is 0 Å². The summed E-state index contributed by atoms with van der Waals surface area (Å²) < 4.78 is 0. The Bertz CT molecular complexity index is 396. The predicted octanol–water partition coefficient (Wildman–Crippen LogP) is 1.87. The average Bonchev–Trinajstić information content (AvgIpc) is 2.61. The Kier molecular flexibility index (Phi) is 2.56. The van der Waals surface area contributed by atoms with Crippen LogP contribution in [0.25, 0.3) is 0 Å². The smallest absolute Gasteiger partial charge is 0.335 e. The molecule has 0 spiro atoms. The molecule has 2 aliphatic heterocycles. The van der Waals surface area contributed by atoms with E-state index in [2.05, 4.69) is 4.99 Å². The fourth-order valence-electron chi connectivity index (χ4n) is 1.58. The van der Waals surface area contributed by atoms with Crippen LogP contribution < -0.4 is 0 Å².